The molecule has 0 unspecified atom stereocenters. The molecule has 92 valence electrons. The molecule has 2 heterocycles. The molecule has 0 saturated heterocycles. The number of nitrogens with one attached hydrogen (secondary N) is 1. The number of nitrogens with zero attached hydrogens (tertiary/aromatic N) is 4. The summed E-state index contributed by atoms with van der Waals surface area (Å²) in [5, 5.41) is 16.4. The van der Waals surface area contributed by atoms with Crippen molar-refractivity contribution in [1.82, 2.24) is 14.8 Å². The summed E-state index contributed by atoms with van der Waals surface area (Å²) in [7, 11) is 0. The second kappa shape index (κ2) is 5.32. The third-order valence-electron chi connectivity index (χ3n) is 2.68. The van der Waals surface area contributed by atoms with Gasteiger partial charge >= 0.3 is 0 Å². The molecule has 1 atom stereocenters. The van der Waals surface area contributed by atoms with E-state index in [1.54, 1.807) is 18.3 Å². The third-order valence-corrected chi connectivity index (χ3v) is 2.68. The van der Waals surface area contributed by atoms with Crippen molar-refractivity contribution in [1.29, 1.82) is 5.26 Å². The normalized spacial score (nSPS) is 11.8. The number of rotatable bonds is 4. The molecule has 2 aromatic rings. The van der Waals surface area contributed by atoms with Crippen LogP contribution < -0.4 is 5.32 Å². The minimum atomic E-state index is 0.201. The molecule has 0 aliphatic rings. The highest BCUT2D eigenvalue weighted by atomic mass is 15.3. The van der Waals surface area contributed by atoms with Gasteiger partial charge in [0.1, 0.15) is 11.9 Å². The zero-order valence-corrected chi connectivity index (χ0v) is 10.5. The molecular formula is C13H15N5. The van der Waals surface area contributed by atoms with E-state index in [-0.39, 0.29) is 6.04 Å². The molecule has 0 amide bonds. The summed E-state index contributed by atoms with van der Waals surface area (Å²) >= 11 is 0. The van der Waals surface area contributed by atoms with Gasteiger partial charge in [-0.1, -0.05) is 0 Å². The molecule has 0 spiro atoms. The maximum absolute atomic E-state index is 8.96. The van der Waals surface area contributed by atoms with Crippen molar-refractivity contribution < 1.29 is 0 Å². The zero-order chi connectivity index (χ0) is 13.0. The SMILES string of the molecule is Cc1cnn([C@H](C)CNc2ncccc2C#N)c1. The molecule has 0 bridgehead atoms. The quantitative estimate of drug-likeness (QED) is 0.890. The van der Waals surface area contributed by atoms with Crippen molar-refractivity contribution >= 4 is 5.82 Å². The zero-order valence-electron chi connectivity index (χ0n) is 10.5. The Labute approximate surface area is 106 Å². The van der Waals surface area contributed by atoms with Crippen LogP contribution in [0.4, 0.5) is 5.82 Å². The highest BCUT2D eigenvalue weighted by Crippen LogP contribution is 2.12. The summed E-state index contributed by atoms with van der Waals surface area (Å²) in [6.07, 6.45) is 5.50. The van der Waals surface area contributed by atoms with E-state index < -0.39 is 0 Å². The van der Waals surface area contributed by atoms with Gasteiger partial charge in [-0.15, -0.1) is 0 Å². The molecular weight excluding hydrogens is 226 g/mol. The summed E-state index contributed by atoms with van der Waals surface area (Å²) in [5.74, 6) is 0.621. The highest BCUT2D eigenvalue weighted by molar-refractivity contribution is 5.51. The van der Waals surface area contributed by atoms with Crippen LogP contribution in [0.5, 0.6) is 0 Å². The first kappa shape index (κ1) is 12.1. The number of hydrogen-bond acceptors (Lipinski definition) is 4. The van der Waals surface area contributed by atoms with Gasteiger partial charge in [-0.25, -0.2) is 4.98 Å². The van der Waals surface area contributed by atoms with E-state index in [0.717, 1.165) is 5.56 Å². The largest absolute Gasteiger partial charge is 0.367 e. The van der Waals surface area contributed by atoms with Gasteiger partial charge in [0.25, 0.3) is 0 Å². The molecule has 2 rings (SSSR count). The summed E-state index contributed by atoms with van der Waals surface area (Å²) in [6.45, 7) is 4.75. The van der Waals surface area contributed by atoms with E-state index in [4.69, 9.17) is 5.26 Å². The molecule has 0 aromatic carbocycles. The van der Waals surface area contributed by atoms with Crippen molar-refractivity contribution in [2.45, 2.75) is 19.9 Å². The van der Waals surface area contributed by atoms with E-state index in [1.165, 1.54) is 0 Å². The Balaban J connectivity index is 2.02. The number of pyridine rings is 1. The molecule has 18 heavy (non-hydrogen) atoms. The Bertz CT molecular complexity index is 567. The van der Waals surface area contributed by atoms with E-state index in [9.17, 15) is 0 Å². The van der Waals surface area contributed by atoms with Gasteiger partial charge < -0.3 is 5.32 Å². The van der Waals surface area contributed by atoms with Crippen LogP contribution in [0.2, 0.25) is 0 Å². The average Bonchev–Trinajstić information content (AvgIpc) is 2.83. The molecule has 0 saturated carbocycles. The highest BCUT2D eigenvalue weighted by Gasteiger charge is 2.07. The fourth-order valence-electron chi connectivity index (χ4n) is 1.65. The van der Waals surface area contributed by atoms with Crippen molar-refractivity contribution in [2.24, 2.45) is 0 Å². The lowest BCUT2D eigenvalue weighted by Crippen LogP contribution is -2.17. The van der Waals surface area contributed by atoms with Gasteiger partial charge in [0, 0.05) is 18.9 Å². The number of hydrogen-bond donors (Lipinski definition) is 1. The van der Waals surface area contributed by atoms with Gasteiger partial charge in [-0.3, -0.25) is 4.68 Å². The van der Waals surface area contributed by atoms with Crippen molar-refractivity contribution in [3.05, 3.63) is 41.9 Å². The number of aryl methyl sites for hydroxylation is 1. The van der Waals surface area contributed by atoms with Gasteiger partial charge in [0.05, 0.1) is 17.8 Å². The first-order valence-corrected chi connectivity index (χ1v) is 5.80. The average molecular weight is 241 g/mol. The summed E-state index contributed by atoms with van der Waals surface area (Å²) in [5.41, 5.74) is 1.69. The summed E-state index contributed by atoms with van der Waals surface area (Å²) in [4.78, 5) is 4.16. The fraction of sp³-hybridized carbons (Fsp3) is 0.308. The molecule has 1 N–H and O–H groups in total. The second-order valence-electron chi connectivity index (χ2n) is 4.24. The lowest BCUT2D eigenvalue weighted by molar-refractivity contribution is 0.511. The Morgan fingerprint density at radius 3 is 3.06 bits per heavy atom. The first-order chi connectivity index (χ1) is 8.70. The van der Waals surface area contributed by atoms with Crippen LogP contribution in [0.25, 0.3) is 0 Å². The monoisotopic (exact) mass is 241 g/mol. The predicted molar refractivity (Wildman–Crippen MR) is 69.1 cm³/mol. The lowest BCUT2D eigenvalue weighted by Gasteiger charge is -2.14. The Kier molecular flexibility index (Phi) is 3.58. The number of nitriles is 1. The lowest BCUT2D eigenvalue weighted by atomic mass is 10.2. The number of anilines is 1. The minimum Gasteiger partial charge on any atom is -0.367 e. The predicted octanol–water partition coefficient (Wildman–Crippen LogP) is 2.13. The number of aromatic nitrogens is 3. The maximum atomic E-state index is 8.96. The van der Waals surface area contributed by atoms with Crippen LogP contribution in [0.15, 0.2) is 30.7 Å². The van der Waals surface area contributed by atoms with Crippen LogP contribution in [0.3, 0.4) is 0 Å². The van der Waals surface area contributed by atoms with Crippen molar-refractivity contribution in [2.75, 3.05) is 11.9 Å². The van der Waals surface area contributed by atoms with Gasteiger partial charge in [-0.2, -0.15) is 10.4 Å². The summed E-state index contributed by atoms with van der Waals surface area (Å²) < 4.78 is 1.90. The van der Waals surface area contributed by atoms with Crippen LogP contribution in [-0.4, -0.2) is 21.3 Å². The van der Waals surface area contributed by atoms with Gasteiger partial charge in [-0.05, 0) is 31.5 Å². The van der Waals surface area contributed by atoms with E-state index in [1.807, 2.05) is 24.0 Å². The van der Waals surface area contributed by atoms with E-state index >= 15 is 0 Å². The molecule has 0 radical (unpaired) electrons. The third kappa shape index (κ3) is 2.66. The molecule has 0 aliphatic heterocycles. The Morgan fingerprint density at radius 1 is 1.56 bits per heavy atom. The molecule has 0 aliphatic carbocycles. The molecule has 0 fully saturated rings. The van der Waals surface area contributed by atoms with Crippen molar-refractivity contribution in [3.63, 3.8) is 0 Å². The fourth-order valence-corrected chi connectivity index (χ4v) is 1.65. The smallest absolute Gasteiger partial charge is 0.143 e. The minimum absolute atomic E-state index is 0.201. The Morgan fingerprint density at radius 2 is 2.39 bits per heavy atom. The van der Waals surface area contributed by atoms with Gasteiger partial charge in [0.15, 0.2) is 0 Å². The van der Waals surface area contributed by atoms with Crippen LogP contribution >= 0.6 is 0 Å². The van der Waals surface area contributed by atoms with Gasteiger partial charge in [0.2, 0.25) is 0 Å². The topological polar surface area (TPSA) is 66.5 Å². The molecule has 5 nitrogen and oxygen atoms in total. The van der Waals surface area contributed by atoms with Crippen molar-refractivity contribution in [3.8, 4) is 6.07 Å². The summed E-state index contributed by atoms with van der Waals surface area (Å²) in [6, 6.07) is 5.82. The molecule has 5 heteroatoms. The Hall–Kier alpha value is -2.35. The van der Waals surface area contributed by atoms with E-state index in [2.05, 4.69) is 28.4 Å². The second-order valence-corrected chi connectivity index (χ2v) is 4.24. The van der Waals surface area contributed by atoms with E-state index in [0.29, 0.717) is 17.9 Å². The van der Waals surface area contributed by atoms with Crippen LogP contribution in [0, 0.1) is 18.3 Å². The molecule has 2 aromatic heterocycles. The first-order valence-electron chi connectivity index (χ1n) is 5.80. The maximum Gasteiger partial charge on any atom is 0.143 e. The standard InChI is InChI=1S/C13H15N5/c1-10-7-17-18(9-10)11(2)8-16-13-12(6-14)4-3-5-15-13/h3-5,7,9,11H,8H2,1-2H3,(H,15,16)/t11-/m1/s1. The van der Waals surface area contributed by atoms with Crippen LogP contribution in [0.1, 0.15) is 24.1 Å². The van der Waals surface area contributed by atoms with Crippen LogP contribution in [-0.2, 0) is 0 Å².